The Labute approximate surface area is 97.1 Å². The molecule has 0 unspecified atom stereocenters. The third kappa shape index (κ3) is 2.71. The molecule has 0 aliphatic heterocycles. The first kappa shape index (κ1) is 10.9. The summed E-state index contributed by atoms with van der Waals surface area (Å²) in [5, 5.41) is 3.18. The second-order valence-corrected chi connectivity index (χ2v) is 3.92. The predicted octanol–water partition coefficient (Wildman–Crippen LogP) is 3.12. The molecule has 0 heterocycles. The highest BCUT2D eigenvalue weighted by atomic mass is 14.8. The van der Waals surface area contributed by atoms with Crippen molar-refractivity contribution in [1.29, 1.82) is 0 Å². The maximum Gasteiger partial charge on any atom is -0.00114 e. The van der Waals surface area contributed by atoms with E-state index >= 15 is 0 Å². The molecule has 0 atom stereocenters. The Morgan fingerprint density at radius 2 is 1.62 bits per heavy atom. The van der Waals surface area contributed by atoms with Gasteiger partial charge in [-0.1, -0.05) is 54.6 Å². The van der Waals surface area contributed by atoms with E-state index in [1.807, 2.05) is 13.1 Å². The summed E-state index contributed by atoms with van der Waals surface area (Å²) in [5.41, 5.74) is 3.97. The first-order valence-electron chi connectivity index (χ1n) is 5.69. The highest BCUT2D eigenvalue weighted by molar-refractivity contribution is 5.63. The van der Waals surface area contributed by atoms with Gasteiger partial charge < -0.3 is 5.32 Å². The van der Waals surface area contributed by atoms with Crippen LogP contribution in [0.5, 0.6) is 0 Å². The van der Waals surface area contributed by atoms with E-state index in [4.69, 9.17) is 0 Å². The van der Waals surface area contributed by atoms with Crippen LogP contribution in [0.15, 0.2) is 54.6 Å². The molecular formula is C15H17N. The Kier molecular flexibility index (Phi) is 3.73. The van der Waals surface area contributed by atoms with Crippen LogP contribution in [0.4, 0.5) is 0 Å². The van der Waals surface area contributed by atoms with Gasteiger partial charge in [-0.15, -0.1) is 0 Å². The normalized spacial score (nSPS) is 10.3. The molecule has 2 aromatic carbocycles. The highest BCUT2D eigenvalue weighted by Crippen LogP contribution is 2.19. The van der Waals surface area contributed by atoms with E-state index in [0.29, 0.717) is 0 Å². The molecule has 0 spiro atoms. The maximum atomic E-state index is 3.18. The largest absolute Gasteiger partial charge is 0.319 e. The summed E-state index contributed by atoms with van der Waals surface area (Å²) in [6.45, 7) is 1.03. The molecule has 1 N–H and O–H groups in total. The van der Waals surface area contributed by atoms with Crippen LogP contribution in [0.1, 0.15) is 5.56 Å². The molecule has 0 aromatic heterocycles. The van der Waals surface area contributed by atoms with Gasteiger partial charge in [0.05, 0.1) is 0 Å². The molecule has 1 nitrogen and oxygen atoms in total. The van der Waals surface area contributed by atoms with Gasteiger partial charge in [0.25, 0.3) is 0 Å². The van der Waals surface area contributed by atoms with E-state index in [9.17, 15) is 0 Å². The van der Waals surface area contributed by atoms with Crippen LogP contribution < -0.4 is 5.32 Å². The van der Waals surface area contributed by atoms with Crippen LogP contribution in [0.3, 0.4) is 0 Å². The van der Waals surface area contributed by atoms with Crippen LogP contribution in [0, 0.1) is 0 Å². The summed E-state index contributed by atoms with van der Waals surface area (Å²) in [4.78, 5) is 0. The number of benzene rings is 2. The van der Waals surface area contributed by atoms with Crippen molar-refractivity contribution in [2.75, 3.05) is 13.6 Å². The third-order valence-electron chi connectivity index (χ3n) is 2.70. The van der Waals surface area contributed by atoms with Crippen LogP contribution in [0.2, 0.25) is 0 Å². The molecule has 0 aliphatic rings. The summed E-state index contributed by atoms with van der Waals surface area (Å²) in [6, 6.07) is 19.3. The average Bonchev–Trinajstić information content (AvgIpc) is 2.38. The second kappa shape index (κ2) is 5.47. The molecule has 0 radical (unpaired) electrons. The van der Waals surface area contributed by atoms with Gasteiger partial charge in [-0.05, 0) is 36.7 Å². The zero-order valence-corrected chi connectivity index (χ0v) is 9.61. The Morgan fingerprint density at radius 1 is 0.875 bits per heavy atom. The fraction of sp³-hybridized carbons (Fsp3) is 0.200. The monoisotopic (exact) mass is 211 g/mol. The van der Waals surface area contributed by atoms with E-state index in [-0.39, 0.29) is 0 Å². The minimum absolute atomic E-state index is 1.03. The van der Waals surface area contributed by atoms with Gasteiger partial charge in [0, 0.05) is 0 Å². The molecule has 0 saturated carbocycles. The van der Waals surface area contributed by atoms with Crippen molar-refractivity contribution in [2.24, 2.45) is 0 Å². The summed E-state index contributed by atoms with van der Waals surface area (Å²) in [5.74, 6) is 0. The molecule has 1 heteroatoms. The van der Waals surface area contributed by atoms with Gasteiger partial charge in [0.1, 0.15) is 0 Å². The van der Waals surface area contributed by atoms with Crippen molar-refractivity contribution in [3.05, 3.63) is 60.2 Å². The average molecular weight is 211 g/mol. The molecule has 0 amide bonds. The van der Waals surface area contributed by atoms with Crippen molar-refractivity contribution in [1.82, 2.24) is 5.32 Å². The van der Waals surface area contributed by atoms with Gasteiger partial charge in [-0.3, -0.25) is 0 Å². The SMILES string of the molecule is CNCCc1cccc(-c2ccccc2)c1. The molecule has 0 bridgehead atoms. The minimum atomic E-state index is 1.03. The zero-order chi connectivity index (χ0) is 11.2. The summed E-state index contributed by atoms with van der Waals surface area (Å²) >= 11 is 0. The molecule has 0 saturated heterocycles. The first-order chi connectivity index (χ1) is 7.90. The lowest BCUT2D eigenvalue weighted by molar-refractivity contribution is 0.792. The number of likely N-dealkylation sites (N-methyl/N-ethyl adjacent to an activating group) is 1. The second-order valence-electron chi connectivity index (χ2n) is 3.92. The van der Waals surface area contributed by atoms with Crippen molar-refractivity contribution >= 4 is 0 Å². The minimum Gasteiger partial charge on any atom is -0.319 e. The molecule has 16 heavy (non-hydrogen) atoms. The van der Waals surface area contributed by atoms with Crippen LogP contribution >= 0.6 is 0 Å². The first-order valence-corrected chi connectivity index (χ1v) is 5.69. The standard InChI is InChI=1S/C15H17N/c1-16-11-10-13-6-5-9-15(12-13)14-7-3-2-4-8-14/h2-9,12,16H,10-11H2,1H3. The van der Waals surface area contributed by atoms with Gasteiger partial charge in [-0.25, -0.2) is 0 Å². The summed E-state index contributed by atoms with van der Waals surface area (Å²) in [7, 11) is 1.99. The van der Waals surface area contributed by atoms with Crippen molar-refractivity contribution in [3.8, 4) is 11.1 Å². The molecule has 2 aromatic rings. The smallest absolute Gasteiger partial charge is 0.00114 e. The number of hydrogen-bond donors (Lipinski definition) is 1. The molecule has 0 aliphatic carbocycles. The van der Waals surface area contributed by atoms with Gasteiger partial charge in [-0.2, -0.15) is 0 Å². The lowest BCUT2D eigenvalue weighted by atomic mass is 10.0. The Bertz CT molecular complexity index is 434. The van der Waals surface area contributed by atoms with E-state index in [1.54, 1.807) is 0 Å². The molecule has 0 fully saturated rings. The zero-order valence-electron chi connectivity index (χ0n) is 9.61. The molecule has 82 valence electrons. The Morgan fingerprint density at radius 3 is 2.38 bits per heavy atom. The van der Waals surface area contributed by atoms with Crippen LogP contribution in [0.25, 0.3) is 11.1 Å². The Balaban J connectivity index is 2.22. The number of hydrogen-bond acceptors (Lipinski definition) is 1. The summed E-state index contributed by atoms with van der Waals surface area (Å²) in [6.07, 6.45) is 1.08. The highest BCUT2D eigenvalue weighted by Gasteiger charge is 1.98. The van der Waals surface area contributed by atoms with Gasteiger partial charge in [0.15, 0.2) is 0 Å². The van der Waals surface area contributed by atoms with E-state index < -0.39 is 0 Å². The number of nitrogens with one attached hydrogen (secondary N) is 1. The van der Waals surface area contributed by atoms with E-state index in [2.05, 4.69) is 53.8 Å². The Hall–Kier alpha value is -1.60. The number of rotatable bonds is 4. The quantitative estimate of drug-likeness (QED) is 0.819. The lowest BCUT2D eigenvalue weighted by Crippen LogP contribution is -2.10. The lowest BCUT2D eigenvalue weighted by Gasteiger charge is -2.05. The topological polar surface area (TPSA) is 12.0 Å². The summed E-state index contributed by atoms with van der Waals surface area (Å²) < 4.78 is 0. The maximum absolute atomic E-state index is 3.18. The predicted molar refractivity (Wildman–Crippen MR) is 69.5 cm³/mol. The van der Waals surface area contributed by atoms with Crippen LogP contribution in [-0.2, 0) is 6.42 Å². The molecular weight excluding hydrogens is 194 g/mol. The fourth-order valence-corrected chi connectivity index (χ4v) is 1.81. The molecule has 2 rings (SSSR count). The van der Waals surface area contributed by atoms with Crippen LogP contribution in [-0.4, -0.2) is 13.6 Å². The van der Waals surface area contributed by atoms with Crippen molar-refractivity contribution in [2.45, 2.75) is 6.42 Å². The fourth-order valence-electron chi connectivity index (χ4n) is 1.81. The van der Waals surface area contributed by atoms with E-state index in [0.717, 1.165) is 13.0 Å². The van der Waals surface area contributed by atoms with Crippen molar-refractivity contribution in [3.63, 3.8) is 0 Å². The van der Waals surface area contributed by atoms with Gasteiger partial charge in [0.2, 0.25) is 0 Å². The third-order valence-corrected chi connectivity index (χ3v) is 2.70. The van der Waals surface area contributed by atoms with Gasteiger partial charge >= 0.3 is 0 Å². The van der Waals surface area contributed by atoms with E-state index in [1.165, 1.54) is 16.7 Å². The van der Waals surface area contributed by atoms with Crippen molar-refractivity contribution < 1.29 is 0 Å².